The van der Waals surface area contributed by atoms with Crippen molar-refractivity contribution in [3.8, 4) is 0 Å². The van der Waals surface area contributed by atoms with Gasteiger partial charge in [0.1, 0.15) is 0 Å². The average Bonchev–Trinajstić information content (AvgIpc) is 2.92. The molecule has 3 heterocycles. The molecule has 1 aromatic rings. The Hall–Kier alpha value is -0.910. The Labute approximate surface area is 134 Å². The van der Waals surface area contributed by atoms with Crippen LogP contribution in [0.5, 0.6) is 0 Å². The maximum Gasteiger partial charge on any atom is 0.0524 e. The largest absolute Gasteiger partial charge is 0.381 e. The molecule has 1 saturated heterocycles. The number of ether oxygens (including phenoxy) is 1. The number of aromatic nitrogens is 2. The molecule has 0 bridgehead atoms. The predicted molar refractivity (Wildman–Crippen MR) is 87.8 cm³/mol. The summed E-state index contributed by atoms with van der Waals surface area (Å²) in [6.07, 6.45) is 4.30. The molecule has 0 aliphatic carbocycles. The minimum atomic E-state index is 0.656. The van der Waals surface area contributed by atoms with Gasteiger partial charge in [-0.05, 0) is 32.0 Å². The summed E-state index contributed by atoms with van der Waals surface area (Å²) < 4.78 is 7.78. The van der Waals surface area contributed by atoms with E-state index in [1.165, 1.54) is 31.6 Å². The summed E-state index contributed by atoms with van der Waals surface area (Å²) in [5.41, 5.74) is 1.37. The van der Waals surface area contributed by atoms with Gasteiger partial charge in [-0.2, -0.15) is 5.10 Å². The predicted octanol–water partition coefficient (Wildman–Crippen LogP) is 1.84. The molecular formula is C17H30N4O. The quantitative estimate of drug-likeness (QED) is 0.831. The molecule has 124 valence electrons. The van der Waals surface area contributed by atoms with Crippen LogP contribution < -0.4 is 0 Å². The standard InChI is InChI=1S/C17H30N4O/c1-3-19(4-2)11-15-12-20(16-6-9-22-10-7-16)14-17-5-8-18-21(17)13-15/h5,8,15-16H,3-4,6-7,9-14H2,1-2H3. The monoisotopic (exact) mass is 306 g/mol. The smallest absolute Gasteiger partial charge is 0.0524 e. The topological polar surface area (TPSA) is 33.5 Å². The SMILES string of the molecule is CCN(CC)CC1CN(C2CCOCC2)Cc2ccnn2C1. The first-order valence-corrected chi connectivity index (χ1v) is 8.85. The summed E-state index contributed by atoms with van der Waals surface area (Å²) in [5, 5.41) is 4.55. The fourth-order valence-electron chi connectivity index (χ4n) is 3.86. The van der Waals surface area contributed by atoms with Crippen LogP contribution in [-0.4, -0.2) is 65.0 Å². The first kappa shape index (κ1) is 16.0. The van der Waals surface area contributed by atoms with Crippen molar-refractivity contribution in [2.24, 2.45) is 5.92 Å². The van der Waals surface area contributed by atoms with Crippen LogP contribution in [0, 0.1) is 5.92 Å². The third-order valence-electron chi connectivity index (χ3n) is 5.21. The van der Waals surface area contributed by atoms with Crippen molar-refractivity contribution in [2.75, 3.05) is 39.4 Å². The number of nitrogens with zero attached hydrogens (tertiary/aromatic N) is 4. The summed E-state index contributed by atoms with van der Waals surface area (Å²) in [7, 11) is 0. The minimum absolute atomic E-state index is 0.656. The lowest BCUT2D eigenvalue weighted by atomic mass is 10.0. The van der Waals surface area contributed by atoms with Gasteiger partial charge in [0, 0.05) is 57.5 Å². The molecule has 0 aromatic carbocycles. The molecule has 5 heteroatoms. The maximum absolute atomic E-state index is 5.55. The van der Waals surface area contributed by atoms with Crippen molar-refractivity contribution in [1.82, 2.24) is 19.6 Å². The Morgan fingerprint density at radius 2 is 2.00 bits per heavy atom. The van der Waals surface area contributed by atoms with Crippen LogP contribution in [0.2, 0.25) is 0 Å². The van der Waals surface area contributed by atoms with Crippen molar-refractivity contribution >= 4 is 0 Å². The molecule has 2 aliphatic rings. The molecule has 5 nitrogen and oxygen atoms in total. The lowest BCUT2D eigenvalue weighted by molar-refractivity contribution is 0.0243. The highest BCUT2D eigenvalue weighted by Gasteiger charge is 2.29. The molecule has 1 atom stereocenters. The fourth-order valence-corrected chi connectivity index (χ4v) is 3.86. The second-order valence-electron chi connectivity index (χ2n) is 6.63. The van der Waals surface area contributed by atoms with Crippen molar-refractivity contribution in [2.45, 2.75) is 45.8 Å². The van der Waals surface area contributed by atoms with E-state index in [0.29, 0.717) is 12.0 Å². The van der Waals surface area contributed by atoms with E-state index >= 15 is 0 Å². The molecule has 0 saturated carbocycles. The Morgan fingerprint density at radius 1 is 1.23 bits per heavy atom. The zero-order valence-electron chi connectivity index (χ0n) is 14.1. The van der Waals surface area contributed by atoms with Crippen LogP contribution in [0.1, 0.15) is 32.4 Å². The first-order valence-electron chi connectivity index (χ1n) is 8.85. The van der Waals surface area contributed by atoms with Crippen molar-refractivity contribution in [3.05, 3.63) is 18.0 Å². The van der Waals surface area contributed by atoms with E-state index in [0.717, 1.165) is 39.4 Å². The van der Waals surface area contributed by atoms with Gasteiger partial charge in [-0.15, -0.1) is 0 Å². The molecule has 2 aliphatic heterocycles. The molecule has 1 unspecified atom stereocenters. The van der Waals surface area contributed by atoms with E-state index in [1.807, 2.05) is 6.20 Å². The molecule has 0 amide bonds. The third kappa shape index (κ3) is 3.70. The van der Waals surface area contributed by atoms with Crippen LogP contribution in [-0.2, 0) is 17.8 Å². The van der Waals surface area contributed by atoms with E-state index in [4.69, 9.17) is 4.74 Å². The zero-order valence-corrected chi connectivity index (χ0v) is 14.1. The molecule has 0 N–H and O–H groups in total. The normalized spacial score (nSPS) is 24.4. The van der Waals surface area contributed by atoms with E-state index in [1.54, 1.807) is 0 Å². The highest BCUT2D eigenvalue weighted by Crippen LogP contribution is 2.23. The Kier molecular flexibility index (Phi) is 5.50. The molecular weight excluding hydrogens is 276 g/mol. The summed E-state index contributed by atoms with van der Waals surface area (Å²) in [6, 6.07) is 2.86. The van der Waals surface area contributed by atoms with Crippen molar-refractivity contribution in [3.63, 3.8) is 0 Å². The van der Waals surface area contributed by atoms with Crippen LogP contribution in [0.3, 0.4) is 0 Å². The van der Waals surface area contributed by atoms with E-state index in [2.05, 4.69) is 39.5 Å². The van der Waals surface area contributed by atoms with Gasteiger partial charge in [0.2, 0.25) is 0 Å². The second-order valence-corrected chi connectivity index (χ2v) is 6.63. The Balaban J connectivity index is 1.73. The minimum Gasteiger partial charge on any atom is -0.381 e. The lowest BCUT2D eigenvalue weighted by Crippen LogP contribution is -2.43. The van der Waals surface area contributed by atoms with Crippen LogP contribution >= 0.6 is 0 Å². The highest BCUT2D eigenvalue weighted by atomic mass is 16.5. The molecule has 1 fully saturated rings. The maximum atomic E-state index is 5.55. The summed E-state index contributed by atoms with van der Waals surface area (Å²) in [5.74, 6) is 0.656. The van der Waals surface area contributed by atoms with Gasteiger partial charge in [-0.3, -0.25) is 9.58 Å². The summed E-state index contributed by atoms with van der Waals surface area (Å²) >= 11 is 0. The molecule has 0 radical (unpaired) electrons. The van der Waals surface area contributed by atoms with Gasteiger partial charge in [-0.25, -0.2) is 0 Å². The Morgan fingerprint density at radius 3 is 2.73 bits per heavy atom. The van der Waals surface area contributed by atoms with Gasteiger partial charge < -0.3 is 9.64 Å². The van der Waals surface area contributed by atoms with Gasteiger partial charge in [-0.1, -0.05) is 13.8 Å². The summed E-state index contributed by atoms with van der Waals surface area (Å²) in [6.45, 7) is 13.1. The molecule has 0 spiro atoms. The molecule has 3 rings (SSSR count). The number of rotatable bonds is 5. The van der Waals surface area contributed by atoms with Gasteiger partial charge >= 0.3 is 0 Å². The molecule has 1 aromatic heterocycles. The third-order valence-corrected chi connectivity index (χ3v) is 5.21. The lowest BCUT2D eigenvalue weighted by Gasteiger charge is -2.35. The van der Waals surface area contributed by atoms with Gasteiger partial charge in [0.15, 0.2) is 0 Å². The van der Waals surface area contributed by atoms with Gasteiger partial charge in [0.05, 0.1) is 5.69 Å². The van der Waals surface area contributed by atoms with Crippen molar-refractivity contribution in [1.29, 1.82) is 0 Å². The van der Waals surface area contributed by atoms with Crippen LogP contribution in [0.25, 0.3) is 0 Å². The van der Waals surface area contributed by atoms with E-state index in [-0.39, 0.29) is 0 Å². The summed E-state index contributed by atoms with van der Waals surface area (Å²) in [4.78, 5) is 5.23. The second kappa shape index (κ2) is 7.57. The average molecular weight is 306 g/mol. The fraction of sp³-hybridized carbons (Fsp3) is 0.824. The van der Waals surface area contributed by atoms with Crippen LogP contribution in [0.4, 0.5) is 0 Å². The first-order chi connectivity index (χ1) is 10.8. The number of hydrogen-bond donors (Lipinski definition) is 0. The highest BCUT2D eigenvalue weighted by molar-refractivity contribution is 5.03. The van der Waals surface area contributed by atoms with Crippen LogP contribution in [0.15, 0.2) is 12.3 Å². The molecule has 22 heavy (non-hydrogen) atoms. The van der Waals surface area contributed by atoms with E-state index < -0.39 is 0 Å². The number of hydrogen-bond acceptors (Lipinski definition) is 4. The van der Waals surface area contributed by atoms with E-state index in [9.17, 15) is 0 Å². The Bertz CT molecular complexity index is 451. The zero-order chi connectivity index (χ0) is 15.4. The van der Waals surface area contributed by atoms with Gasteiger partial charge in [0.25, 0.3) is 0 Å². The number of fused-ring (bicyclic) bond motifs is 1. The van der Waals surface area contributed by atoms with Crippen molar-refractivity contribution < 1.29 is 4.74 Å².